The molecule has 0 saturated carbocycles. The predicted molar refractivity (Wildman–Crippen MR) is 97.6 cm³/mol. The zero-order valence-corrected chi connectivity index (χ0v) is 15.0. The normalized spacial score (nSPS) is 30.1. The monoisotopic (exact) mass is 366 g/mol. The molecule has 23 heavy (non-hydrogen) atoms. The number of hydrogen-bond donors (Lipinski definition) is 0. The number of nitrogens with zero attached hydrogens (tertiary/aromatic N) is 1. The van der Waals surface area contributed by atoms with Crippen LogP contribution in [0, 0.1) is 0 Å². The van der Waals surface area contributed by atoms with Gasteiger partial charge < -0.3 is 0 Å². The number of fused-ring (bicyclic) bond motifs is 5. The zero-order valence-electron chi connectivity index (χ0n) is 13.3. The Balaban J connectivity index is 1.94. The maximum atomic E-state index is 2.49. The van der Waals surface area contributed by atoms with Crippen LogP contribution in [0.5, 0.6) is 0 Å². The minimum absolute atomic E-state index is 1.17. The molecule has 0 amide bonds. The van der Waals surface area contributed by atoms with Crippen LogP contribution in [0.4, 0.5) is 0 Å². The molecule has 3 aromatic carbocycles. The number of hydrogen-bond acceptors (Lipinski definition) is 0. The standard InChI is InChI=1S/C21H20NSe/c1-22-15-17-9-5-7-13-20(17)23(22,19-11-3-2-4-12-19)21-14-8-6-10-18(21)16-22/h2-14H,15-16H2,1H3/q+1. The molecule has 0 N–H and O–H groups in total. The summed E-state index contributed by atoms with van der Waals surface area (Å²) in [7, 11) is 2.49. The molecule has 0 bridgehead atoms. The molecule has 0 unspecified atom stereocenters. The molecule has 5 rings (SSSR count). The molecule has 0 aliphatic carbocycles. The molecule has 0 aromatic heterocycles. The van der Waals surface area contributed by atoms with Crippen molar-refractivity contribution in [1.82, 2.24) is 0 Å². The first-order valence-electron chi connectivity index (χ1n) is 8.15. The summed E-state index contributed by atoms with van der Waals surface area (Å²) in [6.45, 7) is 2.33. The van der Waals surface area contributed by atoms with Gasteiger partial charge in [-0.15, -0.1) is 0 Å². The van der Waals surface area contributed by atoms with Gasteiger partial charge in [-0.05, 0) is 0 Å². The molecule has 114 valence electrons. The quantitative estimate of drug-likeness (QED) is 0.580. The topological polar surface area (TPSA) is 0 Å². The van der Waals surface area contributed by atoms with Gasteiger partial charge in [-0.1, -0.05) is 0 Å². The van der Waals surface area contributed by atoms with Gasteiger partial charge in [0, 0.05) is 0 Å². The van der Waals surface area contributed by atoms with E-state index in [1.165, 1.54) is 16.6 Å². The van der Waals surface area contributed by atoms with Gasteiger partial charge in [0.25, 0.3) is 0 Å². The van der Waals surface area contributed by atoms with Crippen molar-refractivity contribution in [3.05, 3.63) is 90.0 Å². The van der Waals surface area contributed by atoms with E-state index in [-0.39, 0.29) is 0 Å². The van der Waals surface area contributed by atoms with Crippen molar-refractivity contribution in [2.75, 3.05) is 7.05 Å². The SMILES string of the molecule is C[N+]12Cc3ccccc3[Se]1(c1ccccc1)c1ccccc1C2. The number of rotatable bonds is 1. The van der Waals surface area contributed by atoms with E-state index in [0.717, 1.165) is 0 Å². The molecule has 2 aliphatic rings. The van der Waals surface area contributed by atoms with Crippen LogP contribution in [-0.4, -0.2) is 23.6 Å². The van der Waals surface area contributed by atoms with Crippen LogP contribution in [0.3, 0.4) is 0 Å². The van der Waals surface area contributed by atoms with E-state index >= 15 is 0 Å². The fourth-order valence-corrected chi connectivity index (χ4v) is 15.0. The van der Waals surface area contributed by atoms with Crippen LogP contribution in [0.2, 0.25) is 0 Å². The summed E-state index contributed by atoms with van der Waals surface area (Å²) in [5, 5.41) is 0. The molecule has 2 aliphatic heterocycles. The van der Waals surface area contributed by atoms with Crippen LogP contribution >= 0.6 is 0 Å². The van der Waals surface area contributed by atoms with E-state index in [1.807, 2.05) is 0 Å². The van der Waals surface area contributed by atoms with E-state index < -0.39 is 13.1 Å². The van der Waals surface area contributed by atoms with E-state index in [0.29, 0.717) is 0 Å². The van der Waals surface area contributed by atoms with Crippen LogP contribution < -0.4 is 13.4 Å². The second-order valence-corrected chi connectivity index (χ2v) is 13.8. The van der Waals surface area contributed by atoms with Gasteiger partial charge in [-0.2, -0.15) is 0 Å². The Hall–Kier alpha value is -1.86. The maximum absolute atomic E-state index is 2.49. The molecule has 0 fully saturated rings. The van der Waals surface area contributed by atoms with Crippen molar-refractivity contribution in [3.63, 3.8) is 0 Å². The van der Waals surface area contributed by atoms with Gasteiger partial charge in [0.2, 0.25) is 0 Å². The Morgan fingerprint density at radius 2 is 1.13 bits per heavy atom. The third-order valence-electron chi connectivity index (χ3n) is 5.34. The summed E-state index contributed by atoms with van der Waals surface area (Å²) in [5.41, 5.74) is 3.13. The molecule has 0 radical (unpaired) electrons. The summed E-state index contributed by atoms with van der Waals surface area (Å²) in [6.07, 6.45) is 0. The second-order valence-electron chi connectivity index (χ2n) is 6.72. The number of quaternary nitrogens is 1. The first-order chi connectivity index (χ1) is 11.3. The van der Waals surface area contributed by atoms with Crippen molar-refractivity contribution in [2.24, 2.45) is 0 Å². The molecule has 1 nitrogen and oxygen atoms in total. The van der Waals surface area contributed by atoms with Gasteiger partial charge in [-0.25, -0.2) is 0 Å². The van der Waals surface area contributed by atoms with E-state index in [9.17, 15) is 0 Å². The molecular formula is C21H20NSe+. The third-order valence-corrected chi connectivity index (χ3v) is 15.0. The Labute approximate surface area is 140 Å². The minimum atomic E-state index is -2.25. The molecule has 0 spiro atoms. The summed E-state index contributed by atoms with van der Waals surface area (Å²) in [4.78, 5) is 0. The molecule has 2 heteroatoms. The van der Waals surface area contributed by atoms with Crippen LogP contribution in [0.25, 0.3) is 0 Å². The van der Waals surface area contributed by atoms with Gasteiger partial charge in [0.05, 0.1) is 0 Å². The van der Waals surface area contributed by atoms with Crippen molar-refractivity contribution in [3.8, 4) is 0 Å². The van der Waals surface area contributed by atoms with Gasteiger partial charge in [-0.3, -0.25) is 0 Å². The molecular weight excluding hydrogens is 345 g/mol. The van der Waals surface area contributed by atoms with Gasteiger partial charge in [0.15, 0.2) is 0 Å². The summed E-state index contributed by atoms with van der Waals surface area (Å²) >= 11 is -2.25. The first-order valence-corrected chi connectivity index (χ1v) is 11.5. The average Bonchev–Trinajstić information content (AvgIpc) is 2.99. The Kier molecular flexibility index (Phi) is 2.70. The average molecular weight is 365 g/mol. The van der Waals surface area contributed by atoms with Crippen LogP contribution in [0.15, 0.2) is 78.9 Å². The second kappa shape index (κ2) is 4.58. The predicted octanol–water partition coefficient (Wildman–Crippen LogP) is 2.13. The zero-order chi connectivity index (χ0) is 15.5. The third kappa shape index (κ3) is 1.56. The van der Waals surface area contributed by atoms with Crippen LogP contribution in [-0.2, 0) is 13.1 Å². The molecule has 0 saturated heterocycles. The van der Waals surface area contributed by atoms with Gasteiger partial charge >= 0.3 is 140 Å². The van der Waals surface area contributed by atoms with Crippen molar-refractivity contribution in [2.45, 2.75) is 13.1 Å². The summed E-state index contributed by atoms with van der Waals surface area (Å²) < 4.78 is 6.03. The van der Waals surface area contributed by atoms with Crippen molar-refractivity contribution in [1.29, 1.82) is 0 Å². The molecule has 0 atom stereocenters. The molecule has 3 aromatic rings. The number of benzene rings is 3. The Morgan fingerprint density at radius 3 is 1.70 bits per heavy atom. The van der Waals surface area contributed by atoms with E-state index in [4.69, 9.17) is 0 Å². The van der Waals surface area contributed by atoms with E-state index in [1.54, 1.807) is 24.5 Å². The van der Waals surface area contributed by atoms with Crippen LogP contribution in [0.1, 0.15) is 11.1 Å². The fourth-order valence-electron chi connectivity index (χ4n) is 4.53. The summed E-state index contributed by atoms with van der Waals surface area (Å²) in [5.74, 6) is 0. The summed E-state index contributed by atoms with van der Waals surface area (Å²) in [6, 6.07) is 29.7. The van der Waals surface area contributed by atoms with Crippen molar-refractivity contribution >= 4 is 26.4 Å². The Bertz CT molecular complexity index is 851. The van der Waals surface area contributed by atoms with E-state index in [2.05, 4.69) is 85.9 Å². The van der Waals surface area contributed by atoms with Crippen molar-refractivity contribution < 1.29 is 3.50 Å². The van der Waals surface area contributed by atoms with Gasteiger partial charge in [0.1, 0.15) is 0 Å². The molecule has 2 heterocycles. The fraction of sp³-hybridized carbons (Fsp3) is 0.143. The Morgan fingerprint density at radius 1 is 0.652 bits per heavy atom. The first kappa shape index (κ1) is 13.6.